The second-order valence-electron chi connectivity index (χ2n) is 10.3. The smallest absolute Gasteiger partial charge is 0.328 e. The Morgan fingerprint density at radius 2 is 1.76 bits per heavy atom. The van der Waals surface area contributed by atoms with Gasteiger partial charge in [0.05, 0.1) is 0 Å². The number of nitrogens with zero attached hydrogens (tertiary/aromatic N) is 1. The third kappa shape index (κ3) is 6.18. The van der Waals surface area contributed by atoms with Gasteiger partial charge in [0.1, 0.15) is 6.04 Å². The summed E-state index contributed by atoms with van der Waals surface area (Å²) in [5.74, 6) is -2.01. The minimum Gasteiger partial charge on any atom is -0.480 e. The molecule has 0 saturated heterocycles. The van der Waals surface area contributed by atoms with E-state index >= 15 is 0 Å². The quantitative estimate of drug-likeness (QED) is 0.491. The van der Waals surface area contributed by atoms with Crippen molar-refractivity contribution in [2.75, 3.05) is 13.1 Å². The van der Waals surface area contributed by atoms with E-state index < -0.39 is 17.9 Å². The number of carbonyl (C=O) groups excluding carboxylic acids is 3. The van der Waals surface area contributed by atoms with Crippen LogP contribution in [0.5, 0.6) is 0 Å². The Morgan fingerprint density at radius 1 is 1.08 bits per heavy atom. The van der Waals surface area contributed by atoms with Gasteiger partial charge in [0.15, 0.2) is 0 Å². The number of amides is 3. The zero-order valence-corrected chi connectivity index (χ0v) is 22.6. The van der Waals surface area contributed by atoms with Crippen LogP contribution in [0.4, 0.5) is 0 Å². The molecule has 1 heterocycles. The molecule has 0 bridgehead atoms. The number of carbonyl (C=O) groups is 4. The van der Waals surface area contributed by atoms with Crippen molar-refractivity contribution < 1.29 is 24.3 Å². The van der Waals surface area contributed by atoms with Crippen molar-refractivity contribution in [2.45, 2.75) is 65.0 Å². The summed E-state index contributed by atoms with van der Waals surface area (Å²) >= 11 is 5.95. The predicted molar refractivity (Wildman–Crippen MR) is 144 cm³/mol. The van der Waals surface area contributed by atoms with Gasteiger partial charge in [-0.1, -0.05) is 36.9 Å². The van der Waals surface area contributed by atoms with Crippen LogP contribution < -0.4 is 10.6 Å². The Hall–Kier alpha value is -3.39. The molecule has 1 saturated carbocycles. The lowest BCUT2D eigenvalue weighted by Crippen LogP contribution is -2.49. The molecule has 1 aliphatic carbocycles. The van der Waals surface area contributed by atoms with Crippen molar-refractivity contribution in [3.05, 3.63) is 68.7 Å². The standard InChI is InChI=1S/C29H34ClN3O5/c1-17-14-21-16-33(28(36)20-8-10-22(30)11-9-20)13-12-23(21)18(2)25(17)27(35)32-24(29(37)38)15-31-26(34)19-6-4-3-5-7-19/h8-11,14,19,24H,3-7,12-13,15-16H2,1-2H3,(H,31,34)(H,32,35)(H,37,38)/t24-/m0/s1. The molecule has 2 aromatic carbocycles. The van der Waals surface area contributed by atoms with Crippen LogP contribution in [-0.2, 0) is 22.6 Å². The van der Waals surface area contributed by atoms with Gasteiger partial charge >= 0.3 is 5.97 Å². The molecule has 0 unspecified atom stereocenters. The third-order valence-corrected chi connectivity index (χ3v) is 7.91. The van der Waals surface area contributed by atoms with Gasteiger partial charge in [-0.15, -0.1) is 0 Å². The second-order valence-corrected chi connectivity index (χ2v) is 10.7. The van der Waals surface area contributed by atoms with E-state index in [9.17, 15) is 24.3 Å². The zero-order valence-electron chi connectivity index (χ0n) is 21.8. The van der Waals surface area contributed by atoms with Crippen molar-refractivity contribution >= 4 is 35.3 Å². The zero-order chi connectivity index (χ0) is 27.4. The number of carboxylic acid groups (broad SMARTS) is 1. The molecular weight excluding hydrogens is 506 g/mol. The number of hydrogen-bond donors (Lipinski definition) is 3. The van der Waals surface area contributed by atoms with Gasteiger partial charge in [-0.25, -0.2) is 4.79 Å². The molecular formula is C29H34ClN3O5. The first kappa shape index (κ1) is 27.6. The maximum atomic E-state index is 13.3. The van der Waals surface area contributed by atoms with Crippen LogP contribution in [0.2, 0.25) is 5.02 Å². The minimum atomic E-state index is -1.24. The van der Waals surface area contributed by atoms with E-state index in [0.717, 1.165) is 48.8 Å². The number of nitrogens with one attached hydrogen (secondary N) is 2. The summed E-state index contributed by atoms with van der Waals surface area (Å²) in [4.78, 5) is 52.4. The summed E-state index contributed by atoms with van der Waals surface area (Å²) in [5, 5.41) is 15.6. The number of aryl methyl sites for hydroxylation is 1. The van der Waals surface area contributed by atoms with E-state index in [4.69, 9.17) is 11.6 Å². The molecule has 1 atom stereocenters. The molecule has 3 N–H and O–H groups in total. The second kappa shape index (κ2) is 12.0. The number of fused-ring (bicyclic) bond motifs is 1. The summed E-state index contributed by atoms with van der Waals surface area (Å²) < 4.78 is 0. The van der Waals surface area contributed by atoms with E-state index in [0.29, 0.717) is 41.2 Å². The van der Waals surface area contributed by atoms with Crippen LogP contribution in [0.15, 0.2) is 30.3 Å². The molecule has 0 aromatic heterocycles. The fourth-order valence-corrected chi connectivity index (χ4v) is 5.69. The molecule has 0 spiro atoms. The van der Waals surface area contributed by atoms with Crippen LogP contribution >= 0.6 is 11.6 Å². The third-order valence-electron chi connectivity index (χ3n) is 7.66. The monoisotopic (exact) mass is 539 g/mol. The molecule has 202 valence electrons. The number of carboxylic acids is 1. The fourth-order valence-electron chi connectivity index (χ4n) is 5.57. The summed E-state index contributed by atoms with van der Waals surface area (Å²) in [7, 11) is 0. The minimum absolute atomic E-state index is 0.0796. The molecule has 2 aromatic rings. The SMILES string of the molecule is Cc1cc2c(c(C)c1C(=O)N[C@@H](CNC(=O)C1CCCCC1)C(=O)O)CCN(C(=O)c1ccc(Cl)cc1)C2. The molecule has 0 radical (unpaired) electrons. The maximum Gasteiger partial charge on any atom is 0.328 e. The Kier molecular flexibility index (Phi) is 8.72. The molecule has 9 heteroatoms. The Balaban J connectivity index is 1.45. The van der Waals surface area contributed by atoms with Gasteiger partial charge in [-0.05, 0) is 79.6 Å². The van der Waals surface area contributed by atoms with Gasteiger partial charge < -0.3 is 20.6 Å². The molecule has 2 aliphatic rings. The Labute approximate surface area is 227 Å². The summed E-state index contributed by atoms with van der Waals surface area (Å²) in [6.45, 7) is 4.43. The van der Waals surface area contributed by atoms with Gasteiger partial charge in [-0.3, -0.25) is 14.4 Å². The maximum absolute atomic E-state index is 13.3. The van der Waals surface area contributed by atoms with Gasteiger partial charge in [0.2, 0.25) is 5.91 Å². The fraction of sp³-hybridized carbons (Fsp3) is 0.448. The first-order chi connectivity index (χ1) is 18.2. The normalized spacial score (nSPS) is 16.3. The highest BCUT2D eigenvalue weighted by Crippen LogP contribution is 2.29. The number of rotatable bonds is 7. The Bertz CT molecular complexity index is 1240. The van der Waals surface area contributed by atoms with Crippen LogP contribution in [0.25, 0.3) is 0 Å². The highest BCUT2D eigenvalue weighted by Gasteiger charge is 2.29. The molecule has 1 fully saturated rings. The molecule has 8 nitrogen and oxygen atoms in total. The molecule has 4 rings (SSSR count). The lowest BCUT2D eigenvalue weighted by atomic mass is 9.88. The van der Waals surface area contributed by atoms with E-state index in [1.54, 1.807) is 29.2 Å². The van der Waals surface area contributed by atoms with E-state index in [1.807, 2.05) is 19.9 Å². The molecule has 38 heavy (non-hydrogen) atoms. The van der Waals surface area contributed by atoms with E-state index in [1.165, 1.54) is 0 Å². The van der Waals surface area contributed by atoms with Gasteiger partial charge in [0.25, 0.3) is 11.8 Å². The molecule has 3 amide bonds. The summed E-state index contributed by atoms with van der Waals surface area (Å²) in [5.41, 5.74) is 4.46. The van der Waals surface area contributed by atoms with Crippen molar-refractivity contribution in [3.8, 4) is 0 Å². The first-order valence-electron chi connectivity index (χ1n) is 13.1. The van der Waals surface area contributed by atoms with Crippen LogP contribution in [0.1, 0.15) is 75.1 Å². The van der Waals surface area contributed by atoms with Crippen LogP contribution in [0.3, 0.4) is 0 Å². The Morgan fingerprint density at radius 3 is 2.42 bits per heavy atom. The van der Waals surface area contributed by atoms with Gasteiger partial charge in [-0.2, -0.15) is 0 Å². The van der Waals surface area contributed by atoms with E-state index in [-0.39, 0.29) is 24.3 Å². The highest BCUT2D eigenvalue weighted by molar-refractivity contribution is 6.30. The number of aliphatic carboxylic acids is 1. The number of hydrogen-bond acceptors (Lipinski definition) is 4. The topological polar surface area (TPSA) is 116 Å². The lowest BCUT2D eigenvalue weighted by Gasteiger charge is -2.31. The van der Waals surface area contributed by atoms with Crippen LogP contribution in [0, 0.1) is 19.8 Å². The molecule has 1 aliphatic heterocycles. The van der Waals surface area contributed by atoms with Crippen LogP contribution in [-0.4, -0.2) is 52.8 Å². The predicted octanol–water partition coefficient (Wildman–Crippen LogP) is 4.03. The average Bonchev–Trinajstić information content (AvgIpc) is 2.90. The first-order valence-corrected chi connectivity index (χ1v) is 13.5. The lowest BCUT2D eigenvalue weighted by molar-refractivity contribution is -0.139. The number of halogens is 1. The van der Waals surface area contributed by atoms with Crippen molar-refractivity contribution in [1.29, 1.82) is 0 Å². The average molecular weight is 540 g/mol. The van der Waals surface area contributed by atoms with Crippen molar-refractivity contribution in [2.24, 2.45) is 5.92 Å². The number of benzene rings is 2. The van der Waals surface area contributed by atoms with Crippen molar-refractivity contribution in [1.82, 2.24) is 15.5 Å². The largest absolute Gasteiger partial charge is 0.480 e. The highest BCUT2D eigenvalue weighted by atomic mass is 35.5. The van der Waals surface area contributed by atoms with Crippen molar-refractivity contribution in [3.63, 3.8) is 0 Å². The van der Waals surface area contributed by atoms with E-state index in [2.05, 4.69) is 10.6 Å². The summed E-state index contributed by atoms with van der Waals surface area (Å²) in [6, 6.07) is 7.47. The summed E-state index contributed by atoms with van der Waals surface area (Å²) in [6.07, 6.45) is 5.33. The van der Waals surface area contributed by atoms with Gasteiger partial charge in [0, 0.05) is 41.7 Å².